The molecule has 0 N–H and O–H groups in total. The molecular formula is C41H44. The number of hydrogen-bond donors (Lipinski definition) is 0. The van der Waals surface area contributed by atoms with Crippen molar-refractivity contribution in [2.75, 3.05) is 0 Å². The molecule has 0 spiro atoms. The van der Waals surface area contributed by atoms with Crippen LogP contribution in [0.2, 0.25) is 0 Å². The summed E-state index contributed by atoms with van der Waals surface area (Å²) >= 11 is 0. The maximum Gasteiger partial charge on any atom is 0.00773 e. The van der Waals surface area contributed by atoms with Gasteiger partial charge in [0, 0.05) is 5.41 Å². The van der Waals surface area contributed by atoms with E-state index in [1.54, 1.807) is 0 Å². The summed E-state index contributed by atoms with van der Waals surface area (Å²) in [7, 11) is 0. The lowest BCUT2D eigenvalue weighted by atomic mass is 9.75. The van der Waals surface area contributed by atoms with Crippen LogP contribution in [0.5, 0.6) is 0 Å². The number of hydrogen-bond acceptors (Lipinski definition) is 0. The second kappa shape index (κ2) is 9.73. The van der Waals surface area contributed by atoms with Crippen LogP contribution >= 0.6 is 0 Å². The van der Waals surface area contributed by atoms with E-state index >= 15 is 0 Å². The number of fused-ring (bicyclic) bond motifs is 2. The van der Waals surface area contributed by atoms with Gasteiger partial charge in [-0.05, 0) is 79.3 Å². The summed E-state index contributed by atoms with van der Waals surface area (Å²) in [5.41, 5.74) is 17.1. The predicted octanol–water partition coefficient (Wildman–Crippen LogP) is 11.2. The lowest BCUT2D eigenvalue weighted by Gasteiger charge is -2.28. The third-order valence-electron chi connectivity index (χ3n) is 9.52. The summed E-state index contributed by atoms with van der Waals surface area (Å²) in [6.45, 7) is 18.5. The highest BCUT2D eigenvalue weighted by molar-refractivity contribution is 5.84. The molecule has 41 heavy (non-hydrogen) atoms. The third kappa shape index (κ3) is 5.03. The predicted molar refractivity (Wildman–Crippen MR) is 178 cm³/mol. The van der Waals surface area contributed by atoms with Gasteiger partial charge in [0.2, 0.25) is 0 Å². The largest absolute Gasteiger partial charge is 0.0613 e. The first-order valence-corrected chi connectivity index (χ1v) is 15.2. The van der Waals surface area contributed by atoms with Crippen molar-refractivity contribution >= 4 is 12.2 Å². The average Bonchev–Trinajstić information content (AvgIpc) is 3.58. The second-order valence-corrected chi connectivity index (χ2v) is 14.7. The van der Waals surface area contributed by atoms with E-state index in [9.17, 15) is 0 Å². The van der Waals surface area contributed by atoms with E-state index in [2.05, 4.69) is 152 Å². The van der Waals surface area contributed by atoms with Crippen LogP contribution in [0.1, 0.15) is 88.8 Å². The molecule has 0 unspecified atom stereocenters. The summed E-state index contributed by atoms with van der Waals surface area (Å²) in [6, 6.07) is 32.1. The van der Waals surface area contributed by atoms with Crippen LogP contribution in [0, 0.1) is 5.41 Å². The molecule has 0 fully saturated rings. The van der Waals surface area contributed by atoms with Gasteiger partial charge in [0.25, 0.3) is 0 Å². The van der Waals surface area contributed by atoms with Crippen LogP contribution in [-0.4, -0.2) is 0 Å². The Bertz CT molecular complexity index is 1540. The van der Waals surface area contributed by atoms with E-state index in [0.717, 1.165) is 12.8 Å². The van der Waals surface area contributed by atoms with Gasteiger partial charge in [0.05, 0.1) is 0 Å². The van der Waals surface area contributed by atoms with Gasteiger partial charge in [-0.25, -0.2) is 0 Å². The topological polar surface area (TPSA) is 0 Å². The molecule has 0 heteroatoms. The fraction of sp³-hybridized carbons (Fsp3) is 0.317. The Balaban J connectivity index is 1.32. The van der Waals surface area contributed by atoms with Gasteiger partial charge < -0.3 is 0 Å². The Hall–Kier alpha value is -3.64. The first-order chi connectivity index (χ1) is 19.3. The molecule has 208 valence electrons. The summed E-state index contributed by atoms with van der Waals surface area (Å²) in [4.78, 5) is 0. The average molecular weight is 537 g/mol. The SMILES string of the molecule is CC(C)(C1=Cc2c(cccc2-c2ccc(C(C)(C)C)cc2)C1)C1=Cc2c(cccc2-c2ccc(C(C)(C)C)cc2)C1. The van der Waals surface area contributed by atoms with Gasteiger partial charge in [-0.15, -0.1) is 0 Å². The van der Waals surface area contributed by atoms with E-state index < -0.39 is 0 Å². The second-order valence-electron chi connectivity index (χ2n) is 14.7. The van der Waals surface area contributed by atoms with Crippen molar-refractivity contribution in [3.63, 3.8) is 0 Å². The normalized spacial score (nSPS) is 14.9. The molecule has 0 atom stereocenters. The highest BCUT2D eigenvalue weighted by Gasteiger charge is 2.34. The van der Waals surface area contributed by atoms with E-state index in [-0.39, 0.29) is 16.2 Å². The van der Waals surface area contributed by atoms with Gasteiger partial charge in [-0.1, -0.05) is 164 Å². The molecule has 0 saturated heterocycles. The van der Waals surface area contributed by atoms with Crippen molar-refractivity contribution < 1.29 is 0 Å². The Morgan fingerprint density at radius 1 is 0.439 bits per heavy atom. The van der Waals surface area contributed by atoms with Gasteiger partial charge in [0.1, 0.15) is 0 Å². The van der Waals surface area contributed by atoms with Crippen LogP contribution in [0.3, 0.4) is 0 Å². The fourth-order valence-electron chi connectivity index (χ4n) is 6.55. The number of benzene rings is 4. The maximum atomic E-state index is 2.50. The Labute approximate surface area is 247 Å². The molecule has 0 bridgehead atoms. The summed E-state index contributed by atoms with van der Waals surface area (Å²) in [5.74, 6) is 0. The minimum absolute atomic E-state index is 0.0151. The van der Waals surface area contributed by atoms with Crippen LogP contribution in [-0.2, 0) is 23.7 Å². The van der Waals surface area contributed by atoms with Crippen LogP contribution in [0.4, 0.5) is 0 Å². The van der Waals surface area contributed by atoms with Crippen molar-refractivity contribution in [1.29, 1.82) is 0 Å². The van der Waals surface area contributed by atoms with E-state index in [1.807, 2.05) is 0 Å². The maximum absolute atomic E-state index is 2.50. The smallest absolute Gasteiger partial charge is 0.00773 e. The van der Waals surface area contributed by atoms with Crippen molar-refractivity contribution in [1.82, 2.24) is 0 Å². The molecule has 0 radical (unpaired) electrons. The summed E-state index contributed by atoms with van der Waals surface area (Å²) in [6.07, 6.45) is 7.03. The van der Waals surface area contributed by atoms with Gasteiger partial charge in [0.15, 0.2) is 0 Å². The molecule has 0 nitrogen and oxygen atoms in total. The zero-order valence-corrected chi connectivity index (χ0v) is 26.2. The molecule has 0 saturated carbocycles. The molecule has 0 amide bonds. The first kappa shape index (κ1) is 27.5. The number of allylic oxidation sites excluding steroid dienone is 2. The summed E-state index contributed by atoms with van der Waals surface area (Å²) in [5, 5.41) is 0. The van der Waals surface area contributed by atoms with E-state index in [0.29, 0.717) is 0 Å². The van der Waals surface area contributed by atoms with Gasteiger partial charge in [-0.2, -0.15) is 0 Å². The van der Waals surface area contributed by atoms with E-state index in [4.69, 9.17) is 0 Å². The molecule has 2 aliphatic rings. The zero-order valence-electron chi connectivity index (χ0n) is 26.2. The van der Waals surface area contributed by atoms with Crippen molar-refractivity contribution in [2.24, 2.45) is 5.41 Å². The Kier molecular flexibility index (Phi) is 6.53. The first-order valence-electron chi connectivity index (χ1n) is 15.2. The Morgan fingerprint density at radius 2 is 0.805 bits per heavy atom. The minimum Gasteiger partial charge on any atom is -0.0613 e. The fourth-order valence-corrected chi connectivity index (χ4v) is 6.55. The minimum atomic E-state index is -0.0151. The van der Waals surface area contributed by atoms with Crippen molar-refractivity contribution in [3.8, 4) is 22.3 Å². The molecule has 0 aliphatic heterocycles. The lowest BCUT2D eigenvalue weighted by Crippen LogP contribution is -2.18. The van der Waals surface area contributed by atoms with E-state index in [1.165, 1.54) is 66.8 Å². The van der Waals surface area contributed by atoms with Crippen molar-refractivity contribution in [3.05, 3.63) is 129 Å². The van der Waals surface area contributed by atoms with Gasteiger partial charge >= 0.3 is 0 Å². The Morgan fingerprint density at radius 3 is 1.15 bits per heavy atom. The van der Waals surface area contributed by atoms with Gasteiger partial charge in [-0.3, -0.25) is 0 Å². The molecule has 6 rings (SSSR count). The summed E-state index contributed by atoms with van der Waals surface area (Å²) < 4.78 is 0. The molecule has 4 aromatic rings. The third-order valence-corrected chi connectivity index (χ3v) is 9.52. The van der Waals surface area contributed by atoms with Crippen LogP contribution in [0.25, 0.3) is 34.4 Å². The molecule has 0 aromatic heterocycles. The monoisotopic (exact) mass is 536 g/mol. The zero-order chi connectivity index (χ0) is 29.2. The molecule has 2 aliphatic carbocycles. The van der Waals surface area contributed by atoms with Crippen LogP contribution in [0.15, 0.2) is 96.1 Å². The number of rotatable bonds is 4. The standard InChI is InChI=1S/C41H44/c1-39(2,3)31-19-15-27(16-20-31)35-13-9-11-29-23-33(25-37(29)35)41(7,8)34-24-30-12-10-14-36(38(30)26-34)28-17-21-32(22-18-28)40(4,5)6/h9-22,25-26H,23-24H2,1-8H3. The van der Waals surface area contributed by atoms with Crippen molar-refractivity contribution in [2.45, 2.75) is 79.1 Å². The highest BCUT2D eigenvalue weighted by atomic mass is 14.4. The molecular weight excluding hydrogens is 492 g/mol. The molecule has 4 aromatic carbocycles. The lowest BCUT2D eigenvalue weighted by molar-refractivity contribution is 0.526. The molecule has 0 heterocycles. The quantitative estimate of drug-likeness (QED) is 0.243. The highest BCUT2D eigenvalue weighted by Crippen LogP contribution is 2.48. The van der Waals surface area contributed by atoms with Crippen LogP contribution < -0.4 is 0 Å².